The molecule has 0 radical (unpaired) electrons. The summed E-state index contributed by atoms with van der Waals surface area (Å²) in [5.41, 5.74) is 10.2. The van der Waals surface area contributed by atoms with Crippen LogP contribution in [0.5, 0.6) is 0 Å². The van der Waals surface area contributed by atoms with Crippen molar-refractivity contribution in [3.8, 4) is 0 Å². The van der Waals surface area contributed by atoms with Crippen molar-refractivity contribution in [3.05, 3.63) is 53.9 Å². The Morgan fingerprint density at radius 1 is 1.16 bits per heavy atom. The Bertz CT molecular complexity index is 532. The molecule has 100 valence electrons. The second-order valence-electron chi connectivity index (χ2n) is 5.13. The molecule has 0 saturated carbocycles. The van der Waals surface area contributed by atoms with Crippen molar-refractivity contribution >= 4 is 11.4 Å². The van der Waals surface area contributed by atoms with Crippen molar-refractivity contribution in [2.75, 3.05) is 10.6 Å². The topological polar surface area (TPSA) is 42.2 Å². The van der Waals surface area contributed by atoms with Crippen molar-refractivity contribution in [1.82, 2.24) is 4.98 Å². The lowest BCUT2D eigenvalue weighted by atomic mass is 10.1. The first-order valence-electron chi connectivity index (χ1n) is 6.59. The van der Waals surface area contributed by atoms with Crippen molar-refractivity contribution in [1.29, 1.82) is 0 Å². The fraction of sp³-hybridized carbons (Fsp3) is 0.312. The second-order valence-corrected chi connectivity index (χ2v) is 5.13. The van der Waals surface area contributed by atoms with Gasteiger partial charge in [0.1, 0.15) is 0 Å². The molecule has 0 unspecified atom stereocenters. The van der Waals surface area contributed by atoms with Gasteiger partial charge in [-0.2, -0.15) is 0 Å². The maximum atomic E-state index is 5.73. The molecule has 0 aliphatic carbocycles. The van der Waals surface area contributed by atoms with Gasteiger partial charge in [0.05, 0.1) is 0 Å². The Morgan fingerprint density at radius 3 is 2.42 bits per heavy atom. The number of nitrogens with two attached hydrogens (primary N) is 1. The van der Waals surface area contributed by atoms with Crippen LogP contribution in [0.3, 0.4) is 0 Å². The summed E-state index contributed by atoms with van der Waals surface area (Å²) in [4.78, 5) is 6.54. The van der Waals surface area contributed by atoms with Gasteiger partial charge in [-0.1, -0.05) is 12.1 Å². The van der Waals surface area contributed by atoms with Gasteiger partial charge < -0.3 is 10.6 Å². The number of benzene rings is 1. The molecule has 3 nitrogen and oxygen atoms in total. The van der Waals surface area contributed by atoms with E-state index < -0.39 is 0 Å². The average molecular weight is 255 g/mol. The summed E-state index contributed by atoms with van der Waals surface area (Å²) >= 11 is 0. The van der Waals surface area contributed by atoms with Crippen LogP contribution in [-0.2, 0) is 6.54 Å². The molecule has 1 aromatic heterocycles. The van der Waals surface area contributed by atoms with Crippen LogP contribution >= 0.6 is 0 Å². The Morgan fingerprint density at radius 2 is 1.84 bits per heavy atom. The normalized spacial score (nSPS) is 10.7. The third-order valence-corrected chi connectivity index (χ3v) is 3.26. The van der Waals surface area contributed by atoms with Gasteiger partial charge in [-0.15, -0.1) is 0 Å². The molecule has 0 fully saturated rings. The van der Waals surface area contributed by atoms with Gasteiger partial charge in [0.2, 0.25) is 0 Å². The minimum atomic E-state index is 0.429. The predicted molar refractivity (Wildman–Crippen MR) is 81.1 cm³/mol. The molecule has 19 heavy (non-hydrogen) atoms. The summed E-state index contributed by atoms with van der Waals surface area (Å²) in [7, 11) is 0. The molecule has 2 N–H and O–H groups in total. The molecular weight excluding hydrogens is 234 g/mol. The standard InChI is InChI=1S/C16H21N3/c1-12(2)19(16-8-9-18-10-13(16)3)11-14-4-6-15(17)7-5-14/h4-10,12H,11,17H2,1-3H3. The summed E-state index contributed by atoms with van der Waals surface area (Å²) in [6, 6.07) is 10.6. The average Bonchev–Trinajstić information content (AvgIpc) is 2.39. The Kier molecular flexibility index (Phi) is 4.05. The van der Waals surface area contributed by atoms with Crippen molar-refractivity contribution in [3.63, 3.8) is 0 Å². The van der Waals surface area contributed by atoms with Gasteiger partial charge in [-0.05, 0) is 50.1 Å². The number of aromatic nitrogens is 1. The minimum Gasteiger partial charge on any atom is -0.399 e. The van der Waals surface area contributed by atoms with E-state index in [2.05, 4.69) is 48.9 Å². The number of anilines is 2. The Hall–Kier alpha value is -2.03. The zero-order valence-electron chi connectivity index (χ0n) is 11.8. The van der Waals surface area contributed by atoms with Gasteiger partial charge in [-0.25, -0.2) is 0 Å². The Balaban J connectivity index is 2.27. The summed E-state index contributed by atoms with van der Waals surface area (Å²) in [5.74, 6) is 0. The van der Waals surface area contributed by atoms with Crippen LogP contribution in [0.15, 0.2) is 42.7 Å². The molecule has 1 heterocycles. The molecule has 1 aromatic carbocycles. The van der Waals surface area contributed by atoms with Gasteiger partial charge in [0, 0.05) is 36.4 Å². The molecule has 0 bridgehead atoms. The number of pyridine rings is 1. The van der Waals surface area contributed by atoms with E-state index in [1.165, 1.54) is 16.8 Å². The van der Waals surface area contributed by atoms with Gasteiger partial charge in [0.25, 0.3) is 0 Å². The van der Waals surface area contributed by atoms with Crippen LogP contribution in [0.25, 0.3) is 0 Å². The number of hydrogen-bond donors (Lipinski definition) is 1. The smallest absolute Gasteiger partial charge is 0.0432 e. The lowest BCUT2D eigenvalue weighted by Gasteiger charge is -2.30. The van der Waals surface area contributed by atoms with Crippen LogP contribution in [-0.4, -0.2) is 11.0 Å². The molecule has 0 aliphatic rings. The quantitative estimate of drug-likeness (QED) is 0.851. The number of nitrogen functional groups attached to an aromatic ring is 1. The zero-order valence-corrected chi connectivity index (χ0v) is 11.8. The van der Waals surface area contributed by atoms with E-state index in [1.54, 1.807) is 0 Å². The second kappa shape index (κ2) is 5.74. The summed E-state index contributed by atoms with van der Waals surface area (Å²) < 4.78 is 0. The van der Waals surface area contributed by atoms with Crippen LogP contribution in [0.4, 0.5) is 11.4 Å². The van der Waals surface area contributed by atoms with E-state index in [0.717, 1.165) is 12.2 Å². The molecule has 2 aromatic rings. The number of aryl methyl sites for hydroxylation is 1. The largest absolute Gasteiger partial charge is 0.399 e. The van der Waals surface area contributed by atoms with E-state index in [1.807, 2.05) is 24.5 Å². The summed E-state index contributed by atoms with van der Waals surface area (Å²) in [6.45, 7) is 7.39. The molecule has 0 amide bonds. The molecule has 0 spiro atoms. The zero-order chi connectivity index (χ0) is 13.8. The first kappa shape index (κ1) is 13.4. The molecule has 2 rings (SSSR count). The highest BCUT2D eigenvalue weighted by molar-refractivity contribution is 5.53. The summed E-state index contributed by atoms with van der Waals surface area (Å²) in [5, 5.41) is 0. The van der Waals surface area contributed by atoms with E-state index in [4.69, 9.17) is 5.73 Å². The van der Waals surface area contributed by atoms with Crippen LogP contribution in [0.1, 0.15) is 25.0 Å². The van der Waals surface area contributed by atoms with E-state index in [-0.39, 0.29) is 0 Å². The van der Waals surface area contributed by atoms with Gasteiger partial charge in [0.15, 0.2) is 0 Å². The van der Waals surface area contributed by atoms with E-state index in [9.17, 15) is 0 Å². The monoisotopic (exact) mass is 255 g/mol. The third kappa shape index (κ3) is 3.25. The number of nitrogens with zero attached hydrogens (tertiary/aromatic N) is 2. The van der Waals surface area contributed by atoms with Crippen molar-refractivity contribution < 1.29 is 0 Å². The molecule has 0 saturated heterocycles. The fourth-order valence-electron chi connectivity index (χ4n) is 2.15. The molecule has 0 atom stereocenters. The lowest BCUT2D eigenvalue weighted by molar-refractivity contribution is 0.680. The first-order chi connectivity index (χ1) is 9.08. The highest BCUT2D eigenvalue weighted by Crippen LogP contribution is 2.23. The molecule has 0 aliphatic heterocycles. The number of rotatable bonds is 4. The van der Waals surface area contributed by atoms with Gasteiger partial charge in [-0.3, -0.25) is 4.98 Å². The maximum Gasteiger partial charge on any atom is 0.0432 e. The highest BCUT2D eigenvalue weighted by Gasteiger charge is 2.13. The van der Waals surface area contributed by atoms with Crippen molar-refractivity contribution in [2.24, 2.45) is 0 Å². The molecule has 3 heteroatoms. The number of hydrogen-bond acceptors (Lipinski definition) is 3. The SMILES string of the molecule is Cc1cnccc1N(Cc1ccc(N)cc1)C(C)C. The lowest BCUT2D eigenvalue weighted by Crippen LogP contribution is -2.30. The predicted octanol–water partition coefficient (Wildman–Crippen LogP) is 3.39. The Labute approximate surface area is 115 Å². The van der Waals surface area contributed by atoms with Crippen LogP contribution < -0.4 is 10.6 Å². The van der Waals surface area contributed by atoms with E-state index in [0.29, 0.717) is 6.04 Å². The van der Waals surface area contributed by atoms with Gasteiger partial charge >= 0.3 is 0 Å². The fourth-order valence-corrected chi connectivity index (χ4v) is 2.15. The third-order valence-electron chi connectivity index (χ3n) is 3.26. The van der Waals surface area contributed by atoms with Crippen LogP contribution in [0, 0.1) is 6.92 Å². The van der Waals surface area contributed by atoms with Crippen molar-refractivity contribution in [2.45, 2.75) is 33.4 Å². The maximum absolute atomic E-state index is 5.73. The van der Waals surface area contributed by atoms with E-state index >= 15 is 0 Å². The minimum absolute atomic E-state index is 0.429. The summed E-state index contributed by atoms with van der Waals surface area (Å²) in [6.07, 6.45) is 3.76. The highest BCUT2D eigenvalue weighted by atomic mass is 15.2. The van der Waals surface area contributed by atoms with Crippen LogP contribution in [0.2, 0.25) is 0 Å². The first-order valence-corrected chi connectivity index (χ1v) is 6.59. The molecular formula is C16H21N3.